The van der Waals surface area contributed by atoms with Crippen LogP contribution in [-0.4, -0.2) is 24.0 Å². The molecule has 0 atom stereocenters. The molecule has 19 heavy (non-hydrogen) atoms. The van der Waals surface area contributed by atoms with Crippen LogP contribution in [-0.2, 0) is 0 Å². The van der Waals surface area contributed by atoms with Gasteiger partial charge in [-0.15, -0.1) is 11.6 Å². The fourth-order valence-electron chi connectivity index (χ4n) is 2.84. The van der Waals surface area contributed by atoms with Crippen LogP contribution in [0.5, 0.6) is 0 Å². The van der Waals surface area contributed by atoms with Crippen molar-refractivity contribution < 1.29 is 0 Å². The number of nitrogens with zero attached hydrogens (tertiary/aromatic N) is 2. The van der Waals surface area contributed by atoms with Crippen LogP contribution in [0.3, 0.4) is 0 Å². The molecular formula is C16H19ClN2. The molecule has 0 spiro atoms. The minimum Gasteiger partial charge on any atom is -0.357 e. The molecule has 1 fully saturated rings. The van der Waals surface area contributed by atoms with Gasteiger partial charge in [0.05, 0.1) is 5.52 Å². The number of hydrogen-bond donors (Lipinski definition) is 0. The van der Waals surface area contributed by atoms with E-state index in [2.05, 4.69) is 35.2 Å². The highest BCUT2D eigenvalue weighted by Crippen LogP contribution is 2.25. The fraction of sp³-hybridized carbons (Fsp3) is 0.438. The predicted octanol–water partition coefficient (Wildman–Crippen LogP) is 4.08. The van der Waals surface area contributed by atoms with E-state index in [9.17, 15) is 0 Å². The largest absolute Gasteiger partial charge is 0.357 e. The number of piperidine rings is 1. The van der Waals surface area contributed by atoms with Crippen LogP contribution in [0.1, 0.15) is 19.3 Å². The third kappa shape index (κ3) is 2.84. The van der Waals surface area contributed by atoms with Gasteiger partial charge in [-0.3, -0.25) is 0 Å². The second kappa shape index (κ2) is 5.79. The molecule has 2 aromatic rings. The predicted molar refractivity (Wildman–Crippen MR) is 82.0 cm³/mol. The van der Waals surface area contributed by atoms with Crippen molar-refractivity contribution in [1.82, 2.24) is 4.98 Å². The van der Waals surface area contributed by atoms with E-state index in [1.165, 1.54) is 18.2 Å². The summed E-state index contributed by atoms with van der Waals surface area (Å²) in [6, 6.07) is 12.6. The van der Waals surface area contributed by atoms with Crippen molar-refractivity contribution in [2.75, 3.05) is 23.9 Å². The van der Waals surface area contributed by atoms with Crippen molar-refractivity contribution in [2.24, 2.45) is 5.92 Å². The maximum atomic E-state index is 5.83. The van der Waals surface area contributed by atoms with Gasteiger partial charge in [0.2, 0.25) is 0 Å². The topological polar surface area (TPSA) is 16.1 Å². The smallest absolute Gasteiger partial charge is 0.129 e. The Morgan fingerprint density at radius 2 is 1.89 bits per heavy atom. The highest BCUT2D eigenvalue weighted by Gasteiger charge is 2.19. The van der Waals surface area contributed by atoms with Gasteiger partial charge in [0.25, 0.3) is 0 Å². The zero-order valence-corrected chi connectivity index (χ0v) is 11.8. The second-order valence-electron chi connectivity index (χ2n) is 5.27. The van der Waals surface area contributed by atoms with E-state index in [1.807, 2.05) is 6.07 Å². The van der Waals surface area contributed by atoms with Crippen LogP contribution < -0.4 is 4.90 Å². The Morgan fingerprint density at radius 3 is 2.68 bits per heavy atom. The minimum absolute atomic E-state index is 0.791. The molecule has 0 amide bonds. The summed E-state index contributed by atoms with van der Waals surface area (Å²) < 4.78 is 0. The summed E-state index contributed by atoms with van der Waals surface area (Å²) in [5.74, 6) is 2.70. The van der Waals surface area contributed by atoms with Crippen molar-refractivity contribution >= 4 is 28.3 Å². The Morgan fingerprint density at radius 1 is 1.11 bits per heavy atom. The molecule has 1 saturated heterocycles. The van der Waals surface area contributed by atoms with E-state index in [-0.39, 0.29) is 0 Å². The van der Waals surface area contributed by atoms with Crippen molar-refractivity contribution in [1.29, 1.82) is 0 Å². The molecule has 0 saturated carbocycles. The molecule has 1 aliphatic rings. The molecule has 0 radical (unpaired) electrons. The molecule has 0 bridgehead atoms. The normalized spacial score (nSPS) is 17.0. The number of alkyl halides is 1. The average Bonchev–Trinajstić information content (AvgIpc) is 2.48. The van der Waals surface area contributed by atoms with E-state index < -0.39 is 0 Å². The number of rotatable bonds is 3. The third-order valence-corrected chi connectivity index (χ3v) is 4.26. The SMILES string of the molecule is ClCCC1CCN(c2ccc3ccccc3n2)CC1. The molecule has 0 aliphatic carbocycles. The maximum absolute atomic E-state index is 5.83. The molecule has 1 aromatic heterocycles. The van der Waals surface area contributed by atoms with Gasteiger partial charge in [0.15, 0.2) is 0 Å². The van der Waals surface area contributed by atoms with Gasteiger partial charge in [0.1, 0.15) is 5.82 Å². The van der Waals surface area contributed by atoms with Crippen molar-refractivity contribution in [3.05, 3.63) is 36.4 Å². The van der Waals surface area contributed by atoms with E-state index >= 15 is 0 Å². The quantitative estimate of drug-likeness (QED) is 0.784. The molecule has 1 aliphatic heterocycles. The molecule has 3 rings (SSSR count). The van der Waals surface area contributed by atoms with E-state index in [1.54, 1.807) is 0 Å². The molecule has 1 aromatic carbocycles. The Balaban J connectivity index is 1.74. The monoisotopic (exact) mass is 274 g/mol. The minimum atomic E-state index is 0.791. The van der Waals surface area contributed by atoms with Crippen LogP contribution in [0.25, 0.3) is 10.9 Å². The van der Waals surface area contributed by atoms with Crippen LogP contribution in [0.2, 0.25) is 0 Å². The van der Waals surface area contributed by atoms with Crippen LogP contribution in [0.4, 0.5) is 5.82 Å². The lowest BCUT2D eigenvalue weighted by molar-refractivity contribution is 0.395. The molecule has 2 nitrogen and oxygen atoms in total. The first kappa shape index (κ1) is 12.7. The lowest BCUT2D eigenvalue weighted by Crippen LogP contribution is -2.34. The lowest BCUT2D eigenvalue weighted by atomic mass is 9.94. The third-order valence-electron chi connectivity index (χ3n) is 4.04. The van der Waals surface area contributed by atoms with Crippen LogP contribution in [0, 0.1) is 5.92 Å². The zero-order chi connectivity index (χ0) is 13.1. The number of fused-ring (bicyclic) bond motifs is 1. The van der Waals surface area contributed by atoms with Gasteiger partial charge in [0, 0.05) is 24.4 Å². The Hall–Kier alpha value is -1.28. The van der Waals surface area contributed by atoms with Gasteiger partial charge < -0.3 is 4.90 Å². The van der Waals surface area contributed by atoms with Gasteiger partial charge in [-0.25, -0.2) is 4.98 Å². The Labute approximate surface area is 119 Å². The average molecular weight is 275 g/mol. The van der Waals surface area contributed by atoms with Gasteiger partial charge in [-0.1, -0.05) is 18.2 Å². The summed E-state index contributed by atoms with van der Waals surface area (Å²) in [5.41, 5.74) is 1.09. The molecule has 3 heteroatoms. The van der Waals surface area contributed by atoms with Gasteiger partial charge >= 0.3 is 0 Å². The molecular weight excluding hydrogens is 256 g/mol. The number of aromatic nitrogens is 1. The number of pyridine rings is 1. The first-order valence-electron chi connectivity index (χ1n) is 7.03. The summed E-state index contributed by atoms with van der Waals surface area (Å²) in [6.07, 6.45) is 3.63. The van der Waals surface area contributed by atoms with Crippen LogP contribution in [0.15, 0.2) is 36.4 Å². The molecule has 2 heterocycles. The second-order valence-corrected chi connectivity index (χ2v) is 5.65. The summed E-state index contributed by atoms with van der Waals surface area (Å²) in [4.78, 5) is 7.17. The summed E-state index contributed by atoms with van der Waals surface area (Å²) in [6.45, 7) is 2.21. The number of anilines is 1. The van der Waals surface area contributed by atoms with Crippen LogP contribution >= 0.6 is 11.6 Å². The van der Waals surface area contributed by atoms with E-state index in [4.69, 9.17) is 16.6 Å². The highest BCUT2D eigenvalue weighted by atomic mass is 35.5. The number of para-hydroxylation sites is 1. The molecule has 0 unspecified atom stereocenters. The first-order chi connectivity index (χ1) is 9.36. The molecule has 100 valence electrons. The van der Waals surface area contributed by atoms with Gasteiger partial charge in [-0.05, 0) is 43.4 Å². The van der Waals surface area contributed by atoms with E-state index in [0.717, 1.165) is 42.6 Å². The van der Waals surface area contributed by atoms with E-state index in [0.29, 0.717) is 0 Å². The number of halogens is 1. The zero-order valence-electron chi connectivity index (χ0n) is 11.1. The molecule has 0 N–H and O–H groups in total. The van der Waals surface area contributed by atoms with Crippen molar-refractivity contribution in [3.63, 3.8) is 0 Å². The Bertz CT molecular complexity index is 547. The summed E-state index contributed by atoms with van der Waals surface area (Å²) >= 11 is 5.83. The lowest BCUT2D eigenvalue weighted by Gasteiger charge is -2.32. The first-order valence-corrected chi connectivity index (χ1v) is 7.57. The Kier molecular flexibility index (Phi) is 3.88. The highest BCUT2D eigenvalue weighted by molar-refractivity contribution is 6.17. The van der Waals surface area contributed by atoms with Crippen molar-refractivity contribution in [3.8, 4) is 0 Å². The summed E-state index contributed by atoms with van der Waals surface area (Å²) in [7, 11) is 0. The number of benzene rings is 1. The standard InChI is InChI=1S/C16H19ClN2/c17-10-7-13-8-11-19(12-9-13)16-6-5-14-3-1-2-4-15(14)18-16/h1-6,13H,7-12H2. The number of hydrogen-bond acceptors (Lipinski definition) is 2. The van der Waals surface area contributed by atoms with Crippen molar-refractivity contribution in [2.45, 2.75) is 19.3 Å². The fourth-order valence-corrected chi connectivity index (χ4v) is 3.15. The summed E-state index contributed by atoms with van der Waals surface area (Å²) in [5, 5.41) is 1.21. The van der Waals surface area contributed by atoms with Gasteiger partial charge in [-0.2, -0.15) is 0 Å². The maximum Gasteiger partial charge on any atom is 0.129 e.